The fraction of sp³-hybridized carbons (Fsp3) is 0.333. The highest BCUT2D eigenvalue weighted by Gasteiger charge is 2.04. The van der Waals surface area contributed by atoms with Gasteiger partial charge in [-0.2, -0.15) is 0 Å². The fourth-order valence-electron chi connectivity index (χ4n) is 0. The number of aliphatic hydroxyl groups is 1. The quantitative estimate of drug-likeness (QED) is 0.240. The maximum absolute atomic E-state index is 8.15. The molecular weight excluding hydrogens is 80.0 g/mol. The molecule has 3 nitrogen and oxygen atoms in total. The zero-order valence-electron chi connectivity index (χ0n) is 3.18. The van der Waals surface area contributed by atoms with E-state index in [-0.39, 0.29) is 0 Å². The average molecular weight is 86.1 g/mol. The Kier molecular flexibility index (Phi) is 1.15. The highest BCUT2D eigenvalue weighted by Crippen LogP contribution is 1.70. The Morgan fingerprint density at radius 3 is 1.83 bits per heavy atom. The lowest BCUT2D eigenvalue weighted by Crippen LogP contribution is -2.47. The van der Waals surface area contributed by atoms with E-state index in [2.05, 4.69) is 17.9 Å². The van der Waals surface area contributed by atoms with Gasteiger partial charge in [0.05, 0.1) is 0 Å². The van der Waals surface area contributed by atoms with Crippen molar-refractivity contribution in [3.05, 3.63) is 0 Å². The topological polar surface area (TPSA) is 72.3 Å². The summed E-state index contributed by atoms with van der Waals surface area (Å²) in [7, 11) is 0. The first-order valence-corrected chi connectivity index (χ1v) is 1.34. The first-order valence-electron chi connectivity index (χ1n) is 1.34. The summed E-state index contributed by atoms with van der Waals surface area (Å²) in [4.78, 5) is 0. The molecule has 3 heteroatoms. The standard InChI is InChI=1S/C3H6N2O/c1-2-3(4,5)6/h1,6H,4-5H2. The second-order valence-corrected chi connectivity index (χ2v) is 0.970. The van der Waals surface area contributed by atoms with Gasteiger partial charge in [0.25, 0.3) is 0 Å². The molecule has 6 heavy (non-hydrogen) atoms. The maximum atomic E-state index is 8.15. The van der Waals surface area contributed by atoms with Crippen LogP contribution in [0.15, 0.2) is 0 Å². The van der Waals surface area contributed by atoms with Gasteiger partial charge in [-0.3, -0.25) is 11.5 Å². The van der Waals surface area contributed by atoms with Crippen molar-refractivity contribution in [1.29, 1.82) is 0 Å². The van der Waals surface area contributed by atoms with Crippen molar-refractivity contribution >= 4 is 0 Å². The van der Waals surface area contributed by atoms with Gasteiger partial charge >= 0.3 is 0 Å². The maximum Gasteiger partial charge on any atom is 0.233 e. The average Bonchev–Trinajstić information content (AvgIpc) is 1.35. The van der Waals surface area contributed by atoms with E-state index >= 15 is 0 Å². The number of nitrogens with two attached hydrogens (primary N) is 2. The summed E-state index contributed by atoms with van der Waals surface area (Å²) in [6.45, 7) is 0. The molecule has 0 spiro atoms. The molecule has 0 heterocycles. The summed E-state index contributed by atoms with van der Waals surface area (Å²) in [6, 6.07) is 0. The number of terminal acetylenes is 1. The summed E-state index contributed by atoms with van der Waals surface area (Å²) < 4.78 is 0. The third-order valence-electron chi connectivity index (χ3n) is 0.231. The Hall–Kier alpha value is -0.560. The molecule has 0 rings (SSSR count). The summed E-state index contributed by atoms with van der Waals surface area (Å²) in [5.74, 6) is -0.215. The molecule has 0 aromatic rings. The number of hydrogen-bond acceptors (Lipinski definition) is 3. The summed E-state index contributed by atoms with van der Waals surface area (Å²) in [6.07, 6.45) is 4.56. The van der Waals surface area contributed by atoms with E-state index in [1.54, 1.807) is 5.92 Å². The van der Waals surface area contributed by atoms with Gasteiger partial charge in [-0.1, -0.05) is 0 Å². The van der Waals surface area contributed by atoms with Crippen LogP contribution in [-0.4, -0.2) is 11.0 Å². The molecule has 0 saturated heterocycles. The summed E-state index contributed by atoms with van der Waals surface area (Å²) in [5.41, 5.74) is 9.26. The van der Waals surface area contributed by atoms with Gasteiger partial charge in [0.1, 0.15) is 0 Å². The van der Waals surface area contributed by atoms with Gasteiger partial charge in [0, 0.05) is 0 Å². The van der Waals surface area contributed by atoms with Crippen LogP contribution in [0.3, 0.4) is 0 Å². The lowest BCUT2D eigenvalue weighted by atomic mass is 10.5. The van der Waals surface area contributed by atoms with Crippen LogP contribution in [0.1, 0.15) is 0 Å². The van der Waals surface area contributed by atoms with Gasteiger partial charge < -0.3 is 5.11 Å². The Balaban J connectivity index is 3.55. The van der Waals surface area contributed by atoms with Crippen molar-refractivity contribution in [3.63, 3.8) is 0 Å². The van der Waals surface area contributed by atoms with E-state index in [0.717, 1.165) is 0 Å². The summed E-state index contributed by atoms with van der Waals surface area (Å²) >= 11 is 0. The van der Waals surface area contributed by atoms with Crippen LogP contribution in [0.25, 0.3) is 0 Å². The van der Waals surface area contributed by atoms with Gasteiger partial charge in [-0.15, -0.1) is 6.42 Å². The predicted molar refractivity (Wildman–Crippen MR) is 22.2 cm³/mol. The molecular formula is C3H6N2O. The first kappa shape index (κ1) is 5.44. The minimum absolute atomic E-state index is 1.72. The zero-order valence-corrected chi connectivity index (χ0v) is 3.18. The largest absolute Gasteiger partial charge is 0.353 e. The molecule has 0 saturated carbocycles. The minimum atomic E-state index is -1.93. The van der Waals surface area contributed by atoms with Gasteiger partial charge in [0.15, 0.2) is 0 Å². The normalized spacial score (nSPS) is 10.3. The van der Waals surface area contributed by atoms with E-state index in [4.69, 9.17) is 5.11 Å². The molecule has 0 unspecified atom stereocenters. The van der Waals surface area contributed by atoms with E-state index in [0.29, 0.717) is 0 Å². The lowest BCUT2D eigenvalue weighted by molar-refractivity contribution is 0.117. The molecule has 0 aliphatic carbocycles. The highest BCUT2D eigenvalue weighted by molar-refractivity contribution is 4.98. The molecule has 0 aromatic carbocycles. The SMILES string of the molecule is C#CC(N)(N)O. The zero-order chi connectivity index (χ0) is 5.21. The second kappa shape index (κ2) is 1.27. The van der Waals surface area contributed by atoms with E-state index in [9.17, 15) is 0 Å². The fourth-order valence-corrected chi connectivity index (χ4v) is 0. The van der Waals surface area contributed by atoms with Gasteiger partial charge in [-0.05, 0) is 5.92 Å². The monoisotopic (exact) mass is 86.0 g/mol. The molecule has 0 aliphatic rings. The molecule has 5 N–H and O–H groups in total. The predicted octanol–water partition coefficient (Wildman–Crippen LogP) is -1.82. The minimum Gasteiger partial charge on any atom is -0.353 e. The number of hydrogen-bond donors (Lipinski definition) is 3. The van der Waals surface area contributed by atoms with Crippen LogP contribution in [0.5, 0.6) is 0 Å². The van der Waals surface area contributed by atoms with Crippen molar-refractivity contribution in [2.75, 3.05) is 0 Å². The molecule has 0 aliphatic heterocycles. The highest BCUT2D eigenvalue weighted by atomic mass is 16.3. The van der Waals surface area contributed by atoms with Crippen molar-refractivity contribution in [2.45, 2.75) is 5.85 Å². The molecule has 0 bridgehead atoms. The van der Waals surface area contributed by atoms with E-state index < -0.39 is 5.85 Å². The number of rotatable bonds is 0. The van der Waals surface area contributed by atoms with Crippen LogP contribution in [0.4, 0.5) is 0 Å². The third kappa shape index (κ3) is 3.44. The van der Waals surface area contributed by atoms with Crippen molar-refractivity contribution in [3.8, 4) is 12.3 Å². The molecule has 0 amide bonds. The van der Waals surface area contributed by atoms with E-state index in [1.807, 2.05) is 0 Å². The molecule has 34 valence electrons. The molecule has 0 atom stereocenters. The third-order valence-corrected chi connectivity index (χ3v) is 0.231. The Bertz CT molecular complexity index is 75.8. The van der Waals surface area contributed by atoms with Crippen LogP contribution < -0.4 is 11.5 Å². The molecule has 0 fully saturated rings. The van der Waals surface area contributed by atoms with Crippen LogP contribution in [-0.2, 0) is 0 Å². The van der Waals surface area contributed by atoms with Gasteiger partial charge in [-0.25, -0.2) is 0 Å². The van der Waals surface area contributed by atoms with Crippen molar-refractivity contribution < 1.29 is 5.11 Å². The second-order valence-electron chi connectivity index (χ2n) is 0.970. The Labute approximate surface area is 35.9 Å². The van der Waals surface area contributed by atoms with Crippen molar-refractivity contribution in [2.24, 2.45) is 11.5 Å². The van der Waals surface area contributed by atoms with Gasteiger partial charge in [0.2, 0.25) is 5.85 Å². The Morgan fingerprint density at radius 1 is 1.67 bits per heavy atom. The first-order chi connectivity index (χ1) is 2.56. The van der Waals surface area contributed by atoms with E-state index in [1.165, 1.54) is 0 Å². The summed E-state index contributed by atoms with van der Waals surface area (Å²) in [5, 5.41) is 8.15. The van der Waals surface area contributed by atoms with Crippen LogP contribution in [0, 0.1) is 12.3 Å². The molecule has 0 radical (unpaired) electrons. The Morgan fingerprint density at radius 2 is 1.83 bits per heavy atom. The lowest BCUT2D eigenvalue weighted by Gasteiger charge is -2.04. The van der Waals surface area contributed by atoms with Crippen LogP contribution >= 0.6 is 0 Å². The smallest absolute Gasteiger partial charge is 0.233 e. The van der Waals surface area contributed by atoms with Crippen LogP contribution in [0.2, 0.25) is 0 Å². The van der Waals surface area contributed by atoms with Crippen molar-refractivity contribution in [1.82, 2.24) is 0 Å². The molecule has 0 aromatic heterocycles.